The number of hydrogen-bond donors (Lipinski definition) is 3. The molecule has 2 aromatic rings. The number of halogens is 1. The van der Waals surface area contributed by atoms with Gasteiger partial charge in [0.25, 0.3) is 0 Å². The summed E-state index contributed by atoms with van der Waals surface area (Å²) in [5.41, 5.74) is 2.94. The molecule has 1 heterocycles. The Morgan fingerprint density at radius 2 is 1.88 bits per heavy atom. The molecule has 0 spiro atoms. The van der Waals surface area contributed by atoms with Crippen molar-refractivity contribution < 1.29 is 33.3 Å². The Kier molecular flexibility index (Phi) is 9.73. The summed E-state index contributed by atoms with van der Waals surface area (Å²) in [5, 5.41) is 22.9. The predicted molar refractivity (Wildman–Crippen MR) is 126 cm³/mol. The van der Waals surface area contributed by atoms with Gasteiger partial charge in [-0.3, -0.25) is 0 Å². The van der Waals surface area contributed by atoms with E-state index in [2.05, 4.69) is 5.09 Å². The zero-order valence-corrected chi connectivity index (χ0v) is 20.4. The van der Waals surface area contributed by atoms with Crippen LogP contribution in [-0.2, 0) is 24.8 Å². The molecule has 3 N–H and O–H groups in total. The molecule has 0 saturated carbocycles. The van der Waals surface area contributed by atoms with E-state index >= 15 is 0 Å². The van der Waals surface area contributed by atoms with Gasteiger partial charge >= 0.3 is 7.75 Å². The molecule has 0 bridgehead atoms. The second kappa shape index (κ2) is 12.3. The molecule has 1 aliphatic rings. The summed E-state index contributed by atoms with van der Waals surface area (Å²) in [6.45, 7) is 0.487. The van der Waals surface area contributed by atoms with Crippen LogP contribution in [0.4, 0.5) is 0 Å². The maximum Gasteiger partial charge on any atom is 0.405 e. The first-order valence-corrected chi connectivity index (χ1v) is 12.7. The Morgan fingerprint density at radius 1 is 1.15 bits per heavy atom. The number of aliphatic hydroxyl groups is 2. The molecule has 1 aliphatic heterocycles. The van der Waals surface area contributed by atoms with Gasteiger partial charge in [0.15, 0.2) is 0 Å². The van der Waals surface area contributed by atoms with Gasteiger partial charge in [-0.2, -0.15) is 0 Å². The number of rotatable bonds is 11. The number of aliphatic hydroxyl groups excluding tert-OH is 2. The molecule has 1 fully saturated rings. The largest absolute Gasteiger partial charge is 0.492 e. The van der Waals surface area contributed by atoms with Gasteiger partial charge < -0.3 is 28.7 Å². The summed E-state index contributed by atoms with van der Waals surface area (Å²) >= 11 is 6.44. The lowest BCUT2D eigenvalue weighted by atomic mass is 9.94. The van der Waals surface area contributed by atoms with Crippen LogP contribution in [0.5, 0.6) is 5.75 Å². The topological polar surface area (TPSA) is 106 Å². The minimum absolute atomic E-state index is 0.115. The molecule has 3 rings (SSSR count). The normalized spacial score (nSPS) is 21.2. The SMILES string of the molecule is COP(=O)(NCCOc1ccc(Cc2cc(C3CC(O)CC(CO)O3)ccc2Cl)cc1)OC. The van der Waals surface area contributed by atoms with Crippen LogP contribution in [0.2, 0.25) is 5.02 Å². The van der Waals surface area contributed by atoms with Crippen LogP contribution in [0.15, 0.2) is 42.5 Å². The summed E-state index contributed by atoms with van der Waals surface area (Å²) in [4.78, 5) is 0. The molecule has 0 aliphatic carbocycles. The fourth-order valence-corrected chi connectivity index (χ4v) is 4.69. The van der Waals surface area contributed by atoms with Crippen molar-refractivity contribution in [2.75, 3.05) is 34.0 Å². The van der Waals surface area contributed by atoms with Crippen molar-refractivity contribution in [3.05, 3.63) is 64.2 Å². The van der Waals surface area contributed by atoms with Crippen molar-refractivity contribution in [3.63, 3.8) is 0 Å². The molecule has 1 saturated heterocycles. The van der Waals surface area contributed by atoms with Crippen LogP contribution in [0.1, 0.15) is 35.6 Å². The summed E-state index contributed by atoms with van der Waals surface area (Å²) < 4.78 is 33.1. The van der Waals surface area contributed by atoms with E-state index in [-0.39, 0.29) is 18.8 Å². The average Bonchev–Trinajstić information content (AvgIpc) is 2.83. The number of benzene rings is 2. The van der Waals surface area contributed by atoms with Gasteiger partial charge in [-0.25, -0.2) is 9.65 Å². The molecule has 0 radical (unpaired) electrons. The predicted octanol–water partition coefficient (Wildman–Crippen LogP) is 3.87. The molecule has 33 heavy (non-hydrogen) atoms. The summed E-state index contributed by atoms with van der Waals surface area (Å²) in [7, 11) is -0.624. The quantitative estimate of drug-likeness (QED) is 0.316. The smallest absolute Gasteiger partial charge is 0.405 e. The Balaban J connectivity index is 1.58. The third-order valence-electron chi connectivity index (χ3n) is 5.50. The van der Waals surface area contributed by atoms with E-state index in [0.717, 1.165) is 16.7 Å². The van der Waals surface area contributed by atoms with Crippen LogP contribution in [0.3, 0.4) is 0 Å². The van der Waals surface area contributed by atoms with Gasteiger partial charge in [-0.1, -0.05) is 35.9 Å². The lowest BCUT2D eigenvalue weighted by Gasteiger charge is -2.32. The van der Waals surface area contributed by atoms with Gasteiger partial charge in [0.1, 0.15) is 12.4 Å². The molecule has 3 atom stereocenters. The minimum Gasteiger partial charge on any atom is -0.492 e. The van der Waals surface area contributed by atoms with Crippen molar-refractivity contribution >= 4 is 19.3 Å². The van der Waals surface area contributed by atoms with Gasteiger partial charge in [0.2, 0.25) is 0 Å². The van der Waals surface area contributed by atoms with Crippen molar-refractivity contribution in [1.29, 1.82) is 0 Å². The Labute approximate surface area is 199 Å². The molecular weight excluding hydrogens is 469 g/mol. The molecule has 8 nitrogen and oxygen atoms in total. The van der Waals surface area contributed by atoms with Crippen LogP contribution in [0.25, 0.3) is 0 Å². The van der Waals surface area contributed by atoms with Crippen LogP contribution in [0, 0.1) is 0 Å². The van der Waals surface area contributed by atoms with E-state index in [0.29, 0.717) is 43.2 Å². The van der Waals surface area contributed by atoms with Gasteiger partial charge in [0, 0.05) is 38.6 Å². The Morgan fingerprint density at radius 3 is 2.55 bits per heavy atom. The third kappa shape index (κ3) is 7.50. The lowest BCUT2D eigenvalue weighted by Crippen LogP contribution is -2.33. The van der Waals surface area contributed by atoms with Gasteiger partial charge in [-0.05, 0) is 41.3 Å². The summed E-state index contributed by atoms with van der Waals surface area (Å²) in [6.07, 6.45) is 0.407. The molecule has 182 valence electrons. The van der Waals surface area contributed by atoms with Crippen molar-refractivity contribution in [2.45, 2.75) is 37.6 Å². The standard InChI is InChI=1S/C23H31ClNO7P/c1-29-33(28,30-2)25-9-10-31-20-6-3-16(4-7-20)11-18-12-17(5-8-22(18)24)23-14-19(27)13-21(15-26)32-23/h3-8,12,19,21,23,26-27H,9-11,13-15H2,1-2H3,(H,25,28). The van der Waals surface area contributed by atoms with E-state index in [1.807, 2.05) is 42.5 Å². The fourth-order valence-electron chi connectivity index (χ4n) is 3.73. The molecule has 0 amide bonds. The monoisotopic (exact) mass is 499 g/mol. The van der Waals surface area contributed by atoms with E-state index in [4.69, 9.17) is 30.1 Å². The third-order valence-corrected chi connectivity index (χ3v) is 7.44. The first-order valence-electron chi connectivity index (χ1n) is 10.8. The first kappa shape index (κ1) is 26.1. The zero-order chi connectivity index (χ0) is 23.8. The highest BCUT2D eigenvalue weighted by atomic mass is 35.5. The Hall–Kier alpha value is -1.48. The van der Waals surface area contributed by atoms with E-state index < -0.39 is 13.9 Å². The second-order valence-electron chi connectivity index (χ2n) is 7.85. The average molecular weight is 500 g/mol. The molecular formula is C23H31ClNO7P. The van der Waals surface area contributed by atoms with Crippen molar-refractivity contribution in [1.82, 2.24) is 5.09 Å². The van der Waals surface area contributed by atoms with E-state index in [1.54, 1.807) is 0 Å². The van der Waals surface area contributed by atoms with Crippen LogP contribution < -0.4 is 9.82 Å². The zero-order valence-electron chi connectivity index (χ0n) is 18.8. The van der Waals surface area contributed by atoms with Gasteiger partial charge in [-0.15, -0.1) is 0 Å². The molecule has 3 unspecified atom stereocenters. The Bertz CT molecular complexity index is 935. The van der Waals surface area contributed by atoms with Crippen molar-refractivity contribution in [3.8, 4) is 5.75 Å². The molecule has 0 aromatic heterocycles. The van der Waals surface area contributed by atoms with Crippen molar-refractivity contribution in [2.24, 2.45) is 0 Å². The molecule has 2 aromatic carbocycles. The van der Waals surface area contributed by atoms with E-state index in [9.17, 15) is 14.8 Å². The lowest BCUT2D eigenvalue weighted by molar-refractivity contribution is -0.113. The number of nitrogens with one attached hydrogen (secondary N) is 1. The summed E-state index contributed by atoms with van der Waals surface area (Å²) in [5.74, 6) is 0.685. The second-order valence-corrected chi connectivity index (χ2v) is 10.3. The summed E-state index contributed by atoms with van der Waals surface area (Å²) in [6, 6.07) is 13.4. The van der Waals surface area contributed by atoms with E-state index in [1.165, 1.54) is 14.2 Å². The highest BCUT2D eigenvalue weighted by Gasteiger charge is 2.29. The number of ether oxygens (including phenoxy) is 2. The highest BCUT2D eigenvalue weighted by molar-refractivity contribution is 7.51. The van der Waals surface area contributed by atoms with Gasteiger partial charge in [0.05, 0.1) is 24.9 Å². The maximum absolute atomic E-state index is 11.9. The maximum atomic E-state index is 11.9. The molecule has 10 heteroatoms. The highest BCUT2D eigenvalue weighted by Crippen LogP contribution is 2.40. The van der Waals surface area contributed by atoms with Crippen LogP contribution in [-0.4, -0.2) is 56.4 Å². The first-order chi connectivity index (χ1) is 15.9. The fraction of sp³-hybridized carbons (Fsp3) is 0.478. The van der Waals surface area contributed by atoms with Crippen LogP contribution >= 0.6 is 19.3 Å². The minimum atomic E-state index is -3.26. The number of hydrogen-bond acceptors (Lipinski definition) is 7.